The number of aryl methyl sites for hydroxylation is 2. The summed E-state index contributed by atoms with van der Waals surface area (Å²) >= 11 is 1.43. The number of amides is 1. The molecule has 0 fully saturated rings. The van der Waals surface area contributed by atoms with Crippen molar-refractivity contribution in [3.8, 4) is 5.69 Å². The van der Waals surface area contributed by atoms with Crippen molar-refractivity contribution in [2.75, 3.05) is 12.4 Å². The number of hydrogen-bond donors (Lipinski definition) is 2. The minimum Gasteiger partial charge on any atom is -0.365 e. The minimum atomic E-state index is -0.134. The van der Waals surface area contributed by atoms with Crippen molar-refractivity contribution in [1.29, 1.82) is 0 Å². The van der Waals surface area contributed by atoms with Crippen LogP contribution in [-0.2, 0) is 6.42 Å². The van der Waals surface area contributed by atoms with Crippen LogP contribution in [0.25, 0.3) is 5.69 Å². The predicted octanol–water partition coefficient (Wildman–Crippen LogP) is 3.79. The number of anilines is 1. The molecular weight excluding hydrogens is 358 g/mol. The van der Waals surface area contributed by atoms with Crippen molar-refractivity contribution in [2.24, 2.45) is 0 Å². The Labute approximate surface area is 162 Å². The third-order valence-electron chi connectivity index (χ3n) is 4.89. The van der Waals surface area contributed by atoms with Crippen LogP contribution in [-0.4, -0.2) is 27.7 Å². The molecule has 0 bridgehead atoms. The first kappa shape index (κ1) is 17.7. The van der Waals surface area contributed by atoms with E-state index in [4.69, 9.17) is 0 Å². The van der Waals surface area contributed by atoms with Gasteiger partial charge in [0.1, 0.15) is 5.69 Å². The number of benzene rings is 1. The summed E-state index contributed by atoms with van der Waals surface area (Å²) in [6.45, 7) is 4.20. The minimum absolute atomic E-state index is 0.0272. The number of nitrogens with zero attached hydrogens (tertiary/aromatic N) is 3. The molecule has 1 aliphatic rings. The number of aromatic nitrogens is 3. The lowest BCUT2D eigenvalue weighted by atomic mass is 9.92. The van der Waals surface area contributed by atoms with Gasteiger partial charge in [-0.05, 0) is 56.4 Å². The van der Waals surface area contributed by atoms with Crippen LogP contribution in [0.4, 0.5) is 5.13 Å². The van der Waals surface area contributed by atoms with E-state index in [0.29, 0.717) is 5.69 Å². The van der Waals surface area contributed by atoms with Gasteiger partial charge in [0.25, 0.3) is 5.91 Å². The van der Waals surface area contributed by atoms with Crippen molar-refractivity contribution in [3.05, 3.63) is 57.9 Å². The van der Waals surface area contributed by atoms with Gasteiger partial charge in [-0.3, -0.25) is 4.79 Å². The van der Waals surface area contributed by atoms with Crippen molar-refractivity contribution in [2.45, 2.75) is 39.2 Å². The van der Waals surface area contributed by atoms with E-state index in [1.54, 1.807) is 12.4 Å². The molecule has 0 saturated carbocycles. The van der Waals surface area contributed by atoms with E-state index >= 15 is 0 Å². The fourth-order valence-corrected chi connectivity index (χ4v) is 4.38. The van der Waals surface area contributed by atoms with Crippen LogP contribution in [0.1, 0.15) is 51.8 Å². The molecule has 0 spiro atoms. The zero-order chi connectivity index (χ0) is 19.0. The molecule has 3 aromatic rings. The number of rotatable bonds is 4. The smallest absolute Gasteiger partial charge is 0.271 e. The summed E-state index contributed by atoms with van der Waals surface area (Å²) in [5.74, 6) is -0.134. The van der Waals surface area contributed by atoms with Crippen LogP contribution in [0.15, 0.2) is 29.8 Å². The third kappa shape index (κ3) is 3.47. The number of nitrogens with one attached hydrogen (secondary N) is 2. The summed E-state index contributed by atoms with van der Waals surface area (Å²) < 4.78 is 2.02. The molecule has 6 nitrogen and oxygen atoms in total. The molecule has 0 saturated heterocycles. The molecule has 0 unspecified atom stereocenters. The number of hydrogen-bond acceptors (Lipinski definition) is 5. The van der Waals surface area contributed by atoms with Crippen LogP contribution in [0.3, 0.4) is 0 Å². The second-order valence-corrected chi connectivity index (χ2v) is 7.87. The summed E-state index contributed by atoms with van der Waals surface area (Å²) in [5, 5.41) is 13.3. The van der Waals surface area contributed by atoms with Gasteiger partial charge in [-0.1, -0.05) is 6.07 Å². The Balaban J connectivity index is 1.61. The number of thiazole rings is 1. The second kappa shape index (κ2) is 7.15. The maximum absolute atomic E-state index is 12.6. The lowest BCUT2D eigenvalue weighted by Crippen LogP contribution is -2.31. The van der Waals surface area contributed by atoms with Gasteiger partial charge in [-0.15, -0.1) is 11.3 Å². The average molecular weight is 382 g/mol. The Kier molecular flexibility index (Phi) is 4.70. The monoisotopic (exact) mass is 381 g/mol. The Morgan fingerprint density at radius 3 is 2.74 bits per heavy atom. The molecule has 2 heterocycles. The average Bonchev–Trinajstić information content (AvgIpc) is 3.28. The van der Waals surface area contributed by atoms with Crippen molar-refractivity contribution < 1.29 is 4.79 Å². The standard InChI is InChI=1S/C20H23N5OS/c1-12-7-13(2)9-14(8-12)25-18-6-4-5-16(15(18)10-22-25)23-19(26)17-11-27-20(21-3)24-17/h7-11,16H,4-6H2,1-3H3,(H,21,24)(H,23,26)/t16-/m0/s1. The highest BCUT2D eigenvalue weighted by Crippen LogP contribution is 2.31. The summed E-state index contributed by atoms with van der Waals surface area (Å²) in [7, 11) is 1.80. The predicted molar refractivity (Wildman–Crippen MR) is 108 cm³/mol. The Hall–Kier alpha value is -2.67. The SMILES string of the molecule is CNc1nc(C(=O)N[C@H]2CCCc3c2cnn3-c2cc(C)cc(C)c2)cs1. The molecule has 1 aromatic carbocycles. The topological polar surface area (TPSA) is 71.8 Å². The van der Waals surface area contributed by atoms with E-state index in [1.807, 2.05) is 10.9 Å². The van der Waals surface area contributed by atoms with Crippen LogP contribution in [0.2, 0.25) is 0 Å². The van der Waals surface area contributed by atoms with Gasteiger partial charge in [0.2, 0.25) is 0 Å². The van der Waals surface area contributed by atoms with E-state index in [2.05, 4.69) is 52.8 Å². The highest BCUT2D eigenvalue weighted by molar-refractivity contribution is 7.13. The summed E-state index contributed by atoms with van der Waals surface area (Å²) in [5.41, 5.74) is 6.28. The van der Waals surface area contributed by atoms with Gasteiger partial charge in [0.05, 0.1) is 17.9 Å². The molecule has 140 valence electrons. The number of fused-ring (bicyclic) bond motifs is 1. The van der Waals surface area contributed by atoms with Crippen LogP contribution >= 0.6 is 11.3 Å². The number of carbonyl (C=O) groups is 1. The van der Waals surface area contributed by atoms with Gasteiger partial charge in [0.15, 0.2) is 5.13 Å². The fourth-order valence-electron chi connectivity index (χ4n) is 3.73. The van der Waals surface area contributed by atoms with E-state index in [1.165, 1.54) is 28.2 Å². The van der Waals surface area contributed by atoms with E-state index in [9.17, 15) is 4.79 Å². The summed E-state index contributed by atoms with van der Waals surface area (Å²) in [6.07, 6.45) is 4.81. The molecule has 1 amide bonds. The normalized spacial score (nSPS) is 16.0. The first-order valence-electron chi connectivity index (χ1n) is 9.15. The lowest BCUT2D eigenvalue weighted by molar-refractivity contribution is 0.0928. The van der Waals surface area contributed by atoms with Crippen molar-refractivity contribution in [1.82, 2.24) is 20.1 Å². The zero-order valence-electron chi connectivity index (χ0n) is 15.7. The Bertz CT molecular complexity index is 970. The first-order valence-corrected chi connectivity index (χ1v) is 10.0. The van der Waals surface area contributed by atoms with Gasteiger partial charge in [-0.25, -0.2) is 9.67 Å². The molecule has 2 N–H and O–H groups in total. The molecule has 4 rings (SSSR count). The summed E-state index contributed by atoms with van der Waals surface area (Å²) in [6, 6.07) is 6.43. The van der Waals surface area contributed by atoms with E-state index in [-0.39, 0.29) is 11.9 Å². The molecule has 1 atom stereocenters. The molecule has 0 radical (unpaired) electrons. The third-order valence-corrected chi connectivity index (χ3v) is 5.75. The van der Waals surface area contributed by atoms with Crippen molar-refractivity contribution >= 4 is 22.4 Å². The van der Waals surface area contributed by atoms with Gasteiger partial charge in [0, 0.05) is 23.7 Å². The highest BCUT2D eigenvalue weighted by atomic mass is 32.1. The molecular formula is C20H23N5OS. The molecule has 2 aromatic heterocycles. The number of carbonyl (C=O) groups excluding carboxylic acids is 1. The van der Waals surface area contributed by atoms with Crippen LogP contribution < -0.4 is 10.6 Å². The van der Waals surface area contributed by atoms with Crippen LogP contribution in [0.5, 0.6) is 0 Å². The highest BCUT2D eigenvalue weighted by Gasteiger charge is 2.27. The zero-order valence-corrected chi connectivity index (χ0v) is 16.6. The van der Waals surface area contributed by atoms with E-state index in [0.717, 1.165) is 35.6 Å². The summed E-state index contributed by atoms with van der Waals surface area (Å²) in [4.78, 5) is 16.9. The maximum Gasteiger partial charge on any atom is 0.271 e. The fraction of sp³-hybridized carbons (Fsp3) is 0.350. The molecule has 27 heavy (non-hydrogen) atoms. The Morgan fingerprint density at radius 2 is 2.04 bits per heavy atom. The van der Waals surface area contributed by atoms with E-state index < -0.39 is 0 Å². The Morgan fingerprint density at radius 1 is 1.26 bits per heavy atom. The van der Waals surface area contributed by atoms with Gasteiger partial charge in [-0.2, -0.15) is 5.10 Å². The molecule has 1 aliphatic carbocycles. The molecule has 7 heteroatoms. The van der Waals surface area contributed by atoms with Gasteiger partial charge < -0.3 is 10.6 Å². The maximum atomic E-state index is 12.6. The quantitative estimate of drug-likeness (QED) is 0.721. The van der Waals surface area contributed by atoms with Crippen molar-refractivity contribution in [3.63, 3.8) is 0 Å². The van der Waals surface area contributed by atoms with Crippen LogP contribution in [0, 0.1) is 13.8 Å². The van der Waals surface area contributed by atoms with Gasteiger partial charge >= 0.3 is 0 Å². The molecule has 0 aliphatic heterocycles. The second-order valence-electron chi connectivity index (χ2n) is 7.01. The largest absolute Gasteiger partial charge is 0.365 e. The lowest BCUT2D eigenvalue weighted by Gasteiger charge is -2.24. The first-order chi connectivity index (χ1) is 13.0.